The minimum atomic E-state index is -5.44. The van der Waals surface area contributed by atoms with E-state index in [1.54, 1.807) is 39.8 Å². The van der Waals surface area contributed by atoms with Crippen LogP contribution in [0.4, 0.5) is 35.1 Å². The number of amides is 12. The highest BCUT2D eigenvalue weighted by Crippen LogP contribution is 2.40. The van der Waals surface area contributed by atoms with Gasteiger partial charge in [0.05, 0.1) is 25.1 Å². The molecule has 0 unspecified atom stereocenters. The molecule has 104 heavy (non-hydrogen) atoms. The molecule has 5 aliphatic rings. The fourth-order valence-corrected chi connectivity index (χ4v) is 14.7. The number of halogens is 8. The van der Waals surface area contributed by atoms with Crippen molar-refractivity contribution in [1.82, 2.24) is 60.0 Å². The van der Waals surface area contributed by atoms with Gasteiger partial charge in [0.2, 0.25) is 70.9 Å². The Morgan fingerprint density at radius 2 is 1.28 bits per heavy atom. The van der Waals surface area contributed by atoms with Gasteiger partial charge >= 0.3 is 12.4 Å². The van der Waals surface area contributed by atoms with Crippen molar-refractivity contribution in [2.45, 2.75) is 197 Å². The van der Waals surface area contributed by atoms with Crippen molar-refractivity contribution < 1.29 is 92.7 Å². The van der Waals surface area contributed by atoms with Crippen molar-refractivity contribution in [3.05, 3.63) is 82.4 Å². The van der Waals surface area contributed by atoms with Gasteiger partial charge in [-0.3, -0.25) is 57.5 Å². The van der Waals surface area contributed by atoms with Crippen LogP contribution in [0.2, 0.25) is 0 Å². The quantitative estimate of drug-likeness (QED) is 0.201. The molecule has 2 saturated carbocycles. The number of nitrogens with one attached hydrogen (secondary N) is 3. The lowest BCUT2D eigenvalue weighted by molar-refractivity contribution is -0.157. The maximum atomic E-state index is 15.4. The second-order valence-electron chi connectivity index (χ2n) is 28.8. The first-order valence-electron chi connectivity index (χ1n) is 35.3. The highest BCUT2D eigenvalue weighted by atomic mass is 19.4. The molecule has 32 heteroatoms. The van der Waals surface area contributed by atoms with Crippen molar-refractivity contribution >= 4 is 70.9 Å². The Labute approximate surface area is 600 Å². The molecule has 3 aliphatic heterocycles. The fraction of sp³-hybridized carbons (Fsp3) is 0.639. The number of likely N-dealkylation sites (N-methyl/N-ethyl adjacent to an activating group) is 7. The monoisotopic (exact) mass is 1470 g/mol. The molecular formula is C72H98F8N12O12. The summed E-state index contributed by atoms with van der Waals surface area (Å²) in [6.45, 7) is 4.75. The van der Waals surface area contributed by atoms with E-state index in [4.69, 9.17) is 0 Å². The Kier molecular flexibility index (Phi) is 27.3. The molecule has 0 radical (unpaired) electrons. The molecule has 0 aromatic heterocycles. The first kappa shape index (κ1) is 82.5. The summed E-state index contributed by atoms with van der Waals surface area (Å²) in [7, 11) is 10.6. The maximum Gasteiger partial charge on any atom is 0.422 e. The summed E-state index contributed by atoms with van der Waals surface area (Å²) in [5.74, 6) is -15.3. The van der Waals surface area contributed by atoms with Crippen LogP contribution in [0.3, 0.4) is 0 Å². The molecule has 12 amide bonds. The van der Waals surface area contributed by atoms with Gasteiger partial charge in [-0.25, -0.2) is 8.78 Å². The zero-order valence-electron chi connectivity index (χ0n) is 61.1. The number of aryl methyl sites for hydroxylation is 1. The Balaban J connectivity index is 1.32. The van der Waals surface area contributed by atoms with Gasteiger partial charge in [0.1, 0.15) is 71.1 Å². The van der Waals surface area contributed by atoms with Crippen molar-refractivity contribution in [2.24, 2.45) is 17.8 Å². The summed E-state index contributed by atoms with van der Waals surface area (Å²) in [6, 6.07) is -7.01. The molecule has 574 valence electrons. The lowest BCUT2D eigenvalue weighted by Crippen LogP contribution is -2.68. The third-order valence-electron chi connectivity index (χ3n) is 21.3. The molecule has 10 atom stereocenters. The number of carbonyl (C=O) groups is 12. The van der Waals surface area contributed by atoms with E-state index in [9.17, 15) is 55.1 Å². The van der Waals surface area contributed by atoms with Crippen molar-refractivity contribution in [2.75, 3.05) is 82.6 Å². The van der Waals surface area contributed by atoms with E-state index in [-0.39, 0.29) is 62.7 Å². The van der Waals surface area contributed by atoms with Gasteiger partial charge in [0.25, 0.3) is 0 Å². The second-order valence-corrected chi connectivity index (χ2v) is 28.8. The van der Waals surface area contributed by atoms with E-state index in [2.05, 4.69) is 16.0 Å². The van der Waals surface area contributed by atoms with E-state index in [0.29, 0.717) is 50.7 Å². The lowest BCUT2D eigenvalue weighted by Gasteiger charge is -2.46. The normalized spacial score (nSPS) is 26.6. The summed E-state index contributed by atoms with van der Waals surface area (Å²) in [5, 5.41) is 8.22. The number of hydrogen-bond donors (Lipinski definition) is 3. The van der Waals surface area contributed by atoms with Crippen molar-refractivity contribution in [3.63, 3.8) is 0 Å². The van der Waals surface area contributed by atoms with Gasteiger partial charge in [-0.15, -0.1) is 0 Å². The van der Waals surface area contributed by atoms with Gasteiger partial charge in [-0.2, -0.15) is 26.3 Å². The predicted octanol–water partition coefficient (Wildman–Crippen LogP) is 5.33. The van der Waals surface area contributed by atoms with Crippen LogP contribution in [0.25, 0.3) is 0 Å². The summed E-state index contributed by atoms with van der Waals surface area (Å²) in [5.41, 5.74) is -5.16. The molecule has 2 aliphatic carbocycles. The molecule has 24 nitrogen and oxygen atoms in total. The minimum absolute atomic E-state index is 0.0102. The summed E-state index contributed by atoms with van der Waals surface area (Å²) in [6.07, 6.45) is -6.15. The van der Waals surface area contributed by atoms with Crippen LogP contribution < -0.4 is 16.0 Å². The molecule has 2 bridgehead atoms. The highest BCUT2D eigenvalue weighted by molar-refractivity contribution is 6.01. The van der Waals surface area contributed by atoms with Crippen LogP contribution in [0.15, 0.2) is 48.6 Å². The SMILES string of the molecule is CC[C@H](C)[C@@H]1NC(=O)[C@H](CC)N(C)C(=O)C[C@@H](C(=O)N(C)C)N(C)C(=O)[C@H](C2CCCC2)N(C)C(=O)C2(CCC2)NC(=O)[C@@H]2C[C@H](C)CN2C(=O)[C@@H](CCc2cc(F)c(C(F)(F)F)c(F)c2)NC(=O)CN(C)C(=O)[C@H](Cc2ccc(C(F)(F)F)cc2)N2CC/C=C\C[C@@H](C2=O)N(C)C(=O)CN(C)C1=O. The highest BCUT2D eigenvalue weighted by Gasteiger charge is 2.54. The Hall–Kier alpha value is -8.74. The van der Waals surface area contributed by atoms with Gasteiger partial charge in [-0.1, -0.05) is 71.2 Å². The van der Waals surface area contributed by atoms with Crippen molar-refractivity contribution in [1.29, 1.82) is 0 Å². The Morgan fingerprint density at radius 3 is 1.84 bits per heavy atom. The summed E-state index contributed by atoms with van der Waals surface area (Å²) >= 11 is 0. The van der Waals surface area contributed by atoms with Crippen LogP contribution in [-0.4, -0.2) is 251 Å². The standard InChI is InChI=1S/C72H98F8N12O12/c1-13-42(4)59-67(102)86(8)40-57(95)88(10)51-23-16-15-19-32-91(66(51)101)54(36-43-24-27-46(28-25-43)71(75,76)77)65(100)85(7)39-55(93)81-49(29-26-44-34-47(73)58(48(74)35-44)72(78,79)80)63(98)92-38-41(3)33-52(92)62(97)83-70(30-20-31-70)69(104)90(12)60(45-21-17-18-22-45)68(103)89(11)53(64(99)84(5)6)37-56(94)87(9)50(14-2)61(96)82-59/h15-16,24-25,27-28,34-35,41-42,45,49-54,59-60H,13-14,17-23,26,29-33,36-40H2,1-12H3,(H,81,93)(H,82,96)(H,83,97)/b16-15-/t41-,42-,49+,50-,51-,52-,53-,54-,59-,60-/m0/s1. The van der Waals surface area contributed by atoms with Gasteiger partial charge < -0.3 is 60.0 Å². The number of rotatable bonds is 10. The first-order chi connectivity index (χ1) is 48.7. The Morgan fingerprint density at radius 1 is 0.663 bits per heavy atom. The molecule has 1 spiro atoms. The topological polar surface area (TPSA) is 270 Å². The smallest absolute Gasteiger partial charge is 0.347 e. The minimum Gasteiger partial charge on any atom is -0.347 e. The van der Waals surface area contributed by atoms with E-state index in [1.807, 2.05) is 0 Å². The van der Waals surface area contributed by atoms with Crippen molar-refractivity contribution in [3.8, 4) is 0 Å². The number of alkyl halides is 6. The van der Waals surface area contributed by atoms with Crippen LogP contribution in [0, 0.1) is 29.4 Å². The Bertz CT molecular complexity index is 3540. The zero-order chi connectivity index (χ0) is 77.4. The van der Waals surface area contributed by atoms with Crippen LogP contribution in [0.1, 0.15) is 140 Å². The van der Waals surface area contributed by atoms with E-state index in [1.165, 1.54) is 59.1 Å². The van der Waals surface area contributed by atoms with E-state index < -0.39 is 216 Å². The molecule has 7 rings (SSSR count). The van der Waals surface area contributed by atoms with Gasteiger partial charge in [0.15, 0.2) is 0 Å². The lowest BCUT2D eigenvalue weighted by atomic mass is 9.74. The number of carbonyl (C=O) groups excluding carboxylic acids is 12. The summed E-state index contributed by atoms with van der Waals surface area (Å²) < 4.78 is 113. The number of nitrogens with zero attached hydrogens (tertiary/aromatic N) is 9. The summed E-state index contributed by atoms with van der Waals surface area (Å²) in [4.78, 5) is 189. The molecular weight excluding hydrogens is 1380 g/mol. The number of hydrogen-bond acceptors (Lipinski definition) is 12. The molecule has 3 N–H and O–H groups in total. The average molecular weight is 1480 g/mol. The van der Waals surface area contributed by atoms with Crippen LogP contribution in [0.5, 0.6) is 0 Å². The molecule has 4 fully saturated rings. The third kappa shape index (κ3) is 19.0. The number of fused-ring (bicyclic) bond motifs is 3. The number of benzene rings is 2. The van der Waals surface area contributed by atoms with E-state index >= 15 is 37.5 Å². The average Bonchev–Trinajstić information content (AvgIpc) is 1.16. The third-order valence-corrected chi connectivity index (χ3v) is 21.3. The second kappa shape index (κ2) is 34.5. The first-order valence-corrected chi connectivity index (χ1v) is 35.3. The molecule has 2 aromatic rings. The molecule has 3 heterocycles. The van der Waals surface area contributed by atoms with Crippen LogP contribution >= 0.6 is 0 Å². The maximum absolute atomic E-state index is 15.4. The zero-order valence-corrected chi connectivity index (χ0v) is 61.1. The predicted molar refractivity (Wildman–Crippen MR) is 363 cm³/mol. The molecule has 2 saturated heterocycles. The van der Waals surface area contributed by atoms with E-state index in [0.717, 1.165) is 65.6 Å². The van der Waals surface area contributed by atoms with Gasteiger partial charge in [0, 0.05) is 75.9 Å². The van der Waals surface area contributed by atoms with Crippen LogP contribution in [-0.2, 0) is 82.7 Å². The molecule has 2 aromatic carbocycles. The fourth-order valence-electron chi connectivity index (χ4n) is 14.7. The largest absolute Gasteiger partial charge is 0.422 e. The van der Waals surface area contributed by atoms with Gasteiger partial charge in [-0.05, 0) is 124 Å².